The van der Waals surface area contributed by atoms with Crippen LogP contribution in [0.2, 0.25) is 0 Å². The van der Waals surface area contributed by atoms with Gasteiger partial charge in [0.25, 0.3) is 0 Å². The van der Waals surface area contributed by atoms with E-state index in [4.69, 9.17) is 5.11 Å². The number of para-hydroxylation sites is 1. The first-order valence-corrected chi connectivity index (χ1v) is 6.77. The first-order chi connectivity index (χ1) is 8.79. The molecule has 0 saturated carbocycles. The third kappa shape index (κ3) is 1.85. The zero-order chi connectivity index (χ0) is 12.5. The van der Waals surface area contributed by atoms with Crippen LogP contribution in [0.25, 0.3) is 16.6 Å². The van der Waals surface area contributed by atoms with Crippen LogP contribution in [0.15, 0.2) is 35.4 Å². The monoisotopic (exact) mass is 259 g/mol. The highest BCUT2D eigenvalue weighted by atomic mass is 32.2. The molecule has 2 aromatic heterocycles. The van der Waals surface area contributed by atoms with Crippen LogP contribution in [0.3, 0.4) is 0 Å². The van der Waals surface area contributed by atoms with Gasteiger partial charge in [-0.05, 0) is 13.0 Å². The Hall–Kier alpha value is -1.59. The van der Waals surface area contributed by atoms with E-state index in [1.807, 2.05) is 41.8 Å². The molecule has 0 atom stereocenters. The van der Waals surface area contributed by atoms with Crippen molar-refractivity contribution in [2.24, 2.45) is 0 Å². The molecule has 0 radical (unpaired) electrons. The fourth-order valence-corrected chi connectivity index (χ4v) is 2.77. The maximum absolute atomic E-state index is 8.95. The van der Waals surface area contributed by atoms with Gasteiger partial charge >= 0.3 is 0 Å². The van der Waals surface area contributed by atoms with Gasteiger partial charge in [-0.1, -0.05) is 18.2 Å². The Labute approximate surface area is 109 Å². The van der Waals surface area contributed by atoms with Crippen molar-refractivity contribution in [3.8, 4) is 0 Å². The number of hydrogen-bond donors (Lipinski definition) is 1. The highest BCUT2D eigenvalue weighted by molar-refractivity contribution is 7.99. The summed E-state index contributed by atoms with van der Waals surface area (Å²) in [4.78, 5) is 4.61. The summed E-state index contributed by atoms with van der Waals surface area (Å²) in [6, 6.07) is 10.0. The maximum Gasteiger partial charge on any atom is 0.157 e. The standard InChI is InChI=1S/C13H13N3OS/c1-9-8-12-14-13(18-7-6-17)10-4-2-3-5-11(10)16(12)15-9/h2-5,8,17H,6-7H2,1H3. The fraction of sp³-hybridized carbons (Fsp3) is 0.231. The molecule has 2 heterocycles. The molecule has 0 fully saturated rings. The molecule has 92 valence electrons. The summed E-state index contributed by atoms with van der Waals surface area (Å²) in [6.07, 6.45) is 0. The number of thioether (sulfide) groups is 1. The molecular weight excluding hydrogens is 246 g/mol. The van der Waals surface area contributed by atoms with Crippen molar-refractivity contribution in [1.29, 1.82) is 0 Å². The summed E-state index contributed by atoms with van der Waals surface area (Å²) in [5.74, 6) is 0.653. The van der Waals surface area contributed by atoms with Gasteiger partial charge < -0.3 is 5.11 Å². The largest absolute Gasteiger partial charge is 0.396 e. The summed E-state index contributed by atoms with van der Waals surface area (Å²) in [7, 11) is 0. The molecule has 1 N–H and O–H groups in total. The quantitative estimate of drug-likeness (QED) is 0.579. The Morgan fingerprint density at radius 2 is 2.17 bits per heavy atom. The van der Waals surface area contributed by atoms with Gasteiger partial charge in [-0.25, -0.2) is 9.50 Å². The molecular formula is C13H13N3OS. The maximum atomic E-state index is 8.95. The molecule has 0 bridgehead atoms. The van der Waals surface area contributed by atoms with Crippen LogP contribution in [0.4, 0.5) is 0 Å². The number of aromatic nitrogens is 3. The van der Waals surface area contributed by atoms with Gasteiger partial charge in [0, 0.05) is 17.2 Å². The summed E-state index contributed by atoms with van der Waals surface area (Å²) in [5, 5.41) is 15.4. The van der Waals surface area contributed by atoms with Gasteiger partial charge in [-0.3, -0.25) is 0 Å². The molecule has 1 aromatic carbocycles. The number of hydrogen-bond acceptors (Lipinski definition) is 4. The lowest BCUT2D eigenvalue weighted by Gasteiger charge is -2.06. The summed E-state index contributed by atoms with van der Waals surface area (Å²) >= 11 is 1.57. The van der Waals surface area contributed by atoms with E-state index < -0.39 is 0 Å². The smallest absolute Gasteiger partial charge is 0.157 e. The lowest BCUT2D eigenvalue weighted by Crippen LogP contribution is -1.97. The number of rotatable bonds is 3. The molecule has 4 nitrogen and oxygen atoms in total. The predicted molar refractivity (Wildman–Crippen MR) is 73.0 cm³/mol. The van der Waals surface area contributed by atoms with Crippen LogP contribution in [-0.4, -0.2) is 32.1 Å². The molecule has 3 aromatic rings. The second-order valence-electron chi connectivity index (χ2n) is 4.06. The van der Waals surface area contributed by atoms with Crippen LogP contribution < -0.4 is 0 Å². The number of aliphatic hydroxyl groups excluding tert-OH is 1. The summed E-state index contributed by atoms with van der Waals surface area (Å²) < 4.78 is 1.87. The fourth-order valence-electron chi connectivity index (χ4n) is 2.00. The normalized spacial score (nSPS) is 11.4. The summed E-state index contributed by atoms with van der Waals surface area (Å²) in [6.45, 7) is 2.12. The minimum Gasteiger partial charge on any atom is -0.396 e. The Morgan fingerprint density at radius 3 is 3.00 bits per heavy atom. The van der Waals surface area contributed by atoms with Gasteiger partial charge in [0.1, 0.15) is 5.03 Å². The SMILES string of the molecule is Cc1cc2nc(SCCO)c3ccccc3n2n1. The van der Waals surface area contributed by atoms with E-state index in [1.54, 1.807) is 11.8 Å². The zero-order valence-corrected chi connectivity index (χ0v) is 10.8. The van der Waals surface area contributed by atoms with Crippen LogP contribution in [0.1, 0.15) is 5.69 Å². The third-order valence-corrected chi connectivity index (χ3v) is 3.69. The van der Waals surface area contributed by atoms with Gasteiger partial charge in [-0.15, -0.1) is 11.8 Å². The first-order valence-electron chi connectivity index (χ1n) is 5.78. The molecule has 0 spiro atoms. The highest BCUT2D eigenvalue weighted by Gasteiger charge is 2.09. The Bertz CT molecular complexity index is 708. The average Bonchev–Trinajstić information content (AvgIpc) is 2.76. The Morgan fingerprint density at radius 1 is 1.33 bits per heavy atom. The average molecular weight is 259 g/mol. The van der Waals surface area contributed by atoms with E-state index in [-0.39, 0.29) is 6.61 Å². The van der Waals surface area contributed by atoms with Crippen LogP contribution in [0, 0.1) is 6.92 Å². The van der Waals surface area contributed by atoms with Crippen LogP contribution in [0.5, 0.6) is 0 Å². The lowest BCUT2D eigenvalue weighted by atomic mass is 10.2. The molecule has 0 aliphatic rings. The van der Waals surface area contributed by atoms with E-state index in [0.717, 1.165) is 27.3 Å². The molecule has 0 saturated heterocycles. The predicted octanol–water partition coefficient (Wildman–Crippen LogP) is 2.28. The minimum atomic E-state index is 0.157. The Kier molecular flexibility index (Phi) is 2.93. The van der Waals surface area contributed by atoms with Crippen LogP contribution in [-0.2, 0) is 0 Å². The molecule has 0 amide bonds. The van der Waals surface area contributed by atoms with Gasteiger partial charge in [0.05, 0.1) is 17.8 Å². The minimum absolute atomic E-state index is 0.157. The third-order valence-electron chi connectivity index (χ3n) is 2.72. The topological polar surface area (TPSA) is 50.4 Å². The molecule has 0 unspecified atom stereocenters. The van der Waals surface area contributed by atoms with Crippen molar-refractivity contribution in [3.63, 3.8) is 0 Å². The summed E-state index contributed by atoms with van der Waals surface area (Å²) in [5.41, 5.74) is 2.86. The number of aryl methyl sites for hydroxylation is 1. The van der Waals surface area contributed by atoms with Crippen LogP contribution >= 0.6 is 11.8 Å². The lowest BCUT2D eigenvalue weighted by molar-refractivity contribution is 0.322. The molecule has 18 heavy (non-hydrogen) atoms. The van der Waals surface area contributed by atoms with Crippen molar-refractivity contribution in [1.82, 2.24) is 14.6 Å². The molecule has 0 aliphatic heterocycles. The molecule has 3 rings (SSSR count). The number of aliphatic hydroxyl groups is 1. The first kappa shape index (κ1) is 11.5. The van der Waals surface area contributed by atoms with Crippen molar-refractivity contribution in [3.05, 3.63) is 36.0 Å². The van der Waals surface area contributed by atoms with E-state index >= 15 is 0 Å². The van der Waals surface area contributed by atoms with Crippen molar-refractivity contribution in [2.75, 3.05) is 12.4 Å². The van der Waals surface area contributed by atoms with Gasteiger partial charge in [0.15, 0.2) is 5.65 Å². The van der Waals surface area contributed by atoms with E-state index in [9.17, 15) is 0 Å². The number of nitrogens with zero attached hydrogens (tertiary/aromatic N) is 3. The second kappa shape index (κ2) is 4.59. The molecule has 0 aliphatic carbocycles. The van der Waals surface area contributed by atoms with E-state index in [2.05, 4.69) is 10.1 Å². The number of fused-ring (bicyclic) bond motifs is 3. The van der Waals surface area contributed by atoms with Gasteiger partial charge in [0.2, 0.25) is 0 Å². The highest BCUT2D eigenvalue weighted by Crippen LogP contribution is 2.26. The Balaban J connectivity index is 2.31. The van der Waals surface area contributed by atoms with Crippen molar-refractivity contribution < 1.29 is 5.11 Å². The van der Waals surface area contributed by atoms with Crippen molar-refractivity contribution >= 4 is 28.3 Å². The van der Waals surface area contributed by atoms with Gasteiger partial charge in [-0.2, -0.15) is 5.10 Å². The number of benzene rings is 1. The molecule has 5 heteroatoms. The van der Waals surface area contributed by atoms with E-state index in [1.165, 1.54) is 0 Å². The van der Waals surface area contributed by atoms with E-state index in [0.29, 0.717) is 5.75 Å². The second-order valence-corrected chi connectivity index (χ2v) is 5.15. The van der Waals surface area contributed by atoms with Crippen molar-refractivity contribution in [2.45, 2.75) is 11.9 Å². The zero-order valence-electron chi connectivity index (χ0n) is 10.00.